The standard InChI is InChI=1S/C16H15Cl2F2N/c1-2-21-15(16-12(17)4-3-5-14(16)20)8-10-6-7-11(19)9-13(10)18/h3-7,9,15,21H,2,8H2,1H3. The third kappa shape index (κ3) is 3.94. The number of hydrogen-bond donors (Lipinski definition) is 1. The van der Waals surface area contributed by atoms with Gasteiger partial charge in [0.05, 0.1) is 0 Å². The molecule has 0 heterocycles. The topological polar surface area (TPSA) is 12.0 Å². The van der Waals surface area contributed by atoms with Crippen molar-refractivity contribution in [3.8, 4) is 0 Å². The Balaban J connectivity index is 2.35. The van der Waals surface area contributed by atoms with Gasteiger partial charge in [-0.05, 0) is 42.8 Å². The Morgan fingerprint density at radius 2 is 1.86 bits per heavy atom. The number of nitrogens with one attached hydrogen (secondary N) is 1. The summed E-state index contributed by atoms with van der Waals surface area (Å²) in [5, 5.41) is 3.88. The van der Waals surface area contributed by atoms with Gasteiger partial charge in [0.25, 0.3) is 0 Å². The molecule has 0 bridgehead atoms. The molecule has 1 unspecified atom stereocenters. The first kappa shape index (κ1) is 16.2. The van der Waals surface area contributed by atoms with E-state index in [0.717, 1.165) is 5.56 Å². The van der Waals surface area contributed by atoms with Gasteiger partial charge in [0, 0.05) is 21.7 Å². The van der Waals surface area contributed by atoms with E-state index in [1.54, 1.807) is 18.2 Å². The molecule has 0 radical (unpaired) electrons. The Morgan fingerprint density at radius 1 is 1.10 bits per heavy atom. The zero-order chi connectivity index (χ0) is 15.4. The van der Waals surface area contributed by atoms with Crippen molar-refractivity contribution in [3.63, 3.8) is 0 Å². The Hall–Kier alpha value is -1.16. The average Bonchev–Trinajstić information content (AvgIpc) is 2.41. The minimum atomic E-state index is -0.396. The average molecular weight is 330 g/mol. The second-order valence-electron chi connectivity index (χ2n) is 4.69. The highest BCUT2D eigenvalue weighted by Crippen LogP contribution is 2.30. The van der Waals surface area contributed by atoms with Gasteiger partial charge in [0.1, 0.15) is 11.6 Å². The van der Waals surface area contributed by atoms with E-state index in [2.05, 4.69) is 5.32 Å². The first-order chi connectivity index (χ1) is 10.0. The number of halogens is 4. The monoisotopic (exact) mass is 329 g/mol. The summed E-state index contributed by atoms with van der Waals surface area (Å²) < 4.78 is 27.2. The predicted octanol–water partition coefficient (Wildman–Crippen LogP) is 5.16. The van der Waals surface area contributed by atoms with E-state index in [4.69, 9.17) is 23.2 Å². The molecule has 0 saturated carbocycles. The first-order valence-electron chi connectivity index (χ1n) is 6.64. The summed E-state index contributed by atoms with van der Waals surface area (Å²) in [5.41, 5.74) is 1.14. The lowest BCUT2D eigenvalue weighted by Gasteiger charge is -2.21. The normalized spacial score (nSPS) is 12.4. The fourth-order valence-corrected chi connectivity index (χ4v) is 2.81. The van der Waals surface area contributed by atoms with Crippen LogP contribution in [0.15, 0.2) is 36.4 Å². The van der Waals surface area contributed by atoms with Crippen molar-refractivity contribution in [2.24, 2.45) is 0 Å². The highest BCUT2D eigenvalue weighted by Gasteiger charge is 2.19. The molecule has 2 aromatic carbocycles. The van der Waals surface area contributed by atoms with Crippen LogP contribution in [-0.4, -0.2) is 6.54 Å². The van der Waals surface area contributed by atoms with Gasteiger partial charge in [-0.2, -0.15) is 0 Å². The van der Waals surface area contributed by atoms with Crippen LogP contribution in [-0.2, 0) is 6.42 Å². The molecule has 2 rings (SSSR count). The molecular weight excluding hydrogens is 315 g/mol. The van der Waals surface area contributed by atoms with Gasteiger partial charge in [-0.1, -0.05) is 42.3 Å². The van der Waals surface area contributed by atoms with Crippen LogP contribution in [0.25, 0.3) is 0 Å². The highest BCUT2D eigenvalue weighted by molar-refractivity contribution is 6.31. The maximum atomic E-state index is 14.1. The van der Waals surface area contributed by atoms with E-state index in [0.29, 0.717) is 28.6 Å². The van der Waals surface area contributed by atoms with E-state index < -0.39 is 5.82 Å². The molecular formula is C16H15Cl2F2N. The number of rotatable bonds is 5. The van der Waals surface area contributed by atoms with Crippen molar-refractivity contribution in [3.05, 3.63) is 69.2 Å². The zero-order valence-corrected chi connectivity index (χ0v) is 13.0. The Bertz CT molecular complexity index is 611. The molecule has 0 spiro atoms. The molecule has 112 valence electrons. The van der Waals surface area contributed by atoms with Crippen LogP contribution >= 0.6 is 23.2 Å². The SMILES string of the molecule is CCNC(Cc1ccc(F)cc1Cl)c1c(F)cccc1Cl. The van der Waals surface area contributed by atoms with Crippen LogP contribution in [0.1, 0.15) is 24.1 Å². The van der Waals surface area contributed by atoms with Crippen molar-refractivity contribution < 1.29 is 8.78 Å². The fraction of sp³-hybridized carbons (Fsp3) is 0.250. The van der Waals surface area contributed by atoms with Gasteiger partial charge >= 0.3 is 0 Å². The summed E-state index contributed by atoms with van der Waals surface area (Å²) in [6.45, 7) is 2.57. The van der Waals surface area contributed by atoms with E-state index in [9.17, 15) is 8.78 Å². The van der Waals surface area contributed by atoms with Gasteiger partial charge in [-0.25, -0.2) is 8.78 Å². The van der Waals surface area contributed by atoms with Crippen LogP contribution < -0.4 is 5.32 Å². The molecule has 0 aromatic heterocycles. The van der Waals surface area contributed by atoms with Gasteiger partial charge < -0.3 is 5.32 Å². The number of likely N-dealkylation sites (N-methyl/N-ethyl adjacent to an activating group) is 1. The van der Waals surface area contributed by atoms with Crippen LogP contribution in [0.5, 0.6) is 0 Å². The third-order valence-corrected chi connectivity index (χ3v) is 3.92. The van der Waals surface area contributed by atoms with Crippen LogP contribution in [0, 0.1) is 11.6 Å². The minimum absolute atomic E-state index is 0.324. The summed E-state index contributed by atoms with van der Waals surface area (Å²) in [6.07, 6.45) is 0.424. The van der Waals surface area contributed by atoms with Crippen LogP contribution in [0.4, 0.5) is 8.78 Å². The number of benzene rings is 2. The van der Waals surface area contributed by atoms with E-state index in [-0.39, 0.29) is 11.9 Å². The lowest BCUT2D eigenvalue weighted by Crippen LogP contribution is -2.24. The molecule has 0 aliphatic rings. The van der Waals surface area contributed by atoms with Crippen LogP contribution in [0.2, 0.25) is 10.0 Å². The van der Waals surface area contributed by atoms with E-state index in [1.165, 1.54) is 18.2 Å². The van der Waals surface area contributed by atoms with Crippen LogP contribution in [0.3, 0.4) is 0 Å². The summed E-state index contributed by atoms with van der Waals surface area (Å²) in [4.78, 5) is 0. The van der Waals surface area contributed by atoms with Crippen molar-refractivity contribution in [2.45, 2.75) is 19.4 Å². The molecule has 1 N–H and O–H groups in total. The molecule has 1 atom stereocenters. The van der Waals surface area contributed by atoms with Gasteiger partial charge in [-0.15, -0.1) is 0 Å². The van der Waals surface area contributed by atoms with Gasteiger partial charge in [0.2, 0.25) is 0 Å². The summed E-state index contributed by atoms with van der Waals surface area (Å²) >= 11 is 12.2. The molecule has 0 amide bonds. The maximum Gasteiger partial charge on any atom is 0.129 e. The van der Waals surface area contributed by atoms with E-state index in [1.807, 2.05) is 6.92 Å². The highest BCUT2D eigenvalue weighted by atomic mass is 35.5. The van der Waals surface area contributed by atoms with Crippen molar-refractivity contribution in [2.75, 3.05) is 6.54 Å². The van der Waals surface area contributed by atoms with Crippen molar-refractivity contribution in [1.29, 1.82) is 0 Å². The lowest BCUT2D eigenvalue weighted by molar-refractivity contribution is 0.510. The summed E-state index contributed by atoms with van der Waals surface area (Å²) in [5.74, 6) is -0.764. The molecule has 5 heteroatoms. The quantitative estimate of drug-likeness (QED) is 0.798. The molecule has 0 aliphatic carbocycles. The first-order valence-corrected chi connectivity index (χ1v) is 7.39. The van der Waals surface area contributed by atoms with Crippen molar-refractivity contribution >= 4 is 23.2 Å². The molecule has 0 aliphatic heterocycles. The fourth-order valence-electron chi connectivity index (χ4n) is 2.27. The largest absolute Gasteiger partial charge is 0.310 e. The second-order valence-corrected chi connectivity index (χ2v) is 5.50. The zero-order valence-electron chi connectivity index (χ0n) is 11.5. The predicted molar refractivity (Wildman–Crippen MR) is 82.9 cm³/mol. The minimum Gasteiger partial charge on any atom is -0.310 e. The summed E-state index contributed by atoms with van der Waals surface area (Å²) in [6, 6.07) is 8.46. The second kappa shape index (κ2) is 7.21. The third-order valence-electron chi connectivity index (χ3n) is 3.24. The molecule has 1 nitrogen and oxygen atoms in total. The van der Waals surface area contributed by atoms with Crippen molar-refractivity contribution in [1.82, 2.24) is 5.32 Å². The Morgan fingerprint density at radius 3 is 2.48 bits per heavy atom. The smallest absolute Gasteiger partial charge is 0.129 e. The van der Waals surface area contributed by atoms with Gasteiger partial charge in [0.15, 0.2) is 0 Å². The maximum absolute atomic E-state index is 14.1. The Kier molecular flexibility index (Phi) is 5.57. The van der Waals surface area contributed by atoms with E-state index >= 15 is 0 Å². The van der Waals surface area contributed by atoms with Gasteiger partial charge in [-0.3, -0.25) is 0 Å². The molecule has 0 fully saturated rings. The number of hydrogen-bond acceptors (Lipinski definition) is 1. The summed E-state index contributed by atoms with van der Waals surface area (Å²) in [7, 11) is 0. The molecule has 0 saturated heterocycles. The molecule has 21 heavy (non-hydrogen) atoms. The lowest BCUT2D eigenvalue weighted by atomic mass is 9.98. The molecule has 2 aromatic rings. The Labute approximate surface area is 132 Å².